The van der Waals surface area contributed by atoms with Gasteiger partial charge in [0.05, 0.1) is 5.69 Å². The highest BCUT2D eigenvalue weighted by Crippen LogP contribution is 2.24. The lowest BCUT2D eigenvalue weighted by atomic mass is 10.1. The van der Waals surface area contributed by atoms with Gasteiger partial charge in [0.2, 0.25) is 0 Å². The van der Waals surface area contributed by atoms with Crippen LogP contribution in [0, 0.1) is 23.3 Å². The average Bonchev–Trinajstić information content (AvgIpc) is 2.26. The van der Waals surface area contributed by atoms with Gasteiger partial charge in [-0.05, 0) is 36.8 Å². The zero-order valence-electron chi connectivity index (χ0n) is 8.42. The van der Waals surface area contributed by atoms with Gasteiger partial charge in [-0.1, -0.05) is 6.07 Å². The first-order valence-electron chi connectivity index (χ1n) is 4.60. The molecule has 16 heavy (non-hydrogen) atoms. The third kappa shape index (κ3) is 1.86. The van der Waals surface area contributed by atoms with Crippen LogP contribution < -0.4 is 0 Å². The monoisotopic (exact) mass is 238 g/mol. The maximum Gasteiger partial charge on any atom is 0.197 e. The SMILES string of the molecule is Cc1cnc(=S)[nH]c1-c1cccc(F)c1F. The van der Waals surface area contributed by atoms with Gasteiger partial charge < -0.3 is 4.98 Å². The summed E-state index contributed by atoms with van der Waals surface area (Å²) in [6, 6.07) is 4.01. The lowest BCUT2D eigenvalue weighted by molar-refractivity contribution is 0.511. The van der Waals surface area contributed by atoms with Crippen molar-refractivity contribution in [3.05, 3.63) is 46.4 Å². The lowest BCUT2D eigenvalue weighted by Crippen LogP contribution is -1.95. The van der Waals surface area contributed by atoms with Crippen molar-refractivity contribution in [2.75, 3.05) is 0 Å². The summed E-state index contributed by atoms with van der Waals surface area (Å²) in [7, 11) is 0. The molecule has 0 bridgehead atoms. The number of hydrogen-bond donors (Lipinski definition) is 1. The van der Waals surface area contributed by atoms with Crippen molar-refractivity contribution in [3.8, 4) is 11.3 Å². The van der Waals surface area contributed by atoms with E-state index in [1.54, 1.807) is 6.92 Å². The number of nitrogens with one attached hydrogen (secondary N) is 1. The van der Waals surface area contributed by atoms with E-state index in [4.69, 9.17) is 12.2 Å². The van der Waals surface area contributed by atoms with Crippen molar-refractivity contribution >= 4 is 12.2 Å². The van der Waals surface area contributed by atoms with E-state index in [2.05, 4.69) is 9.97 Å². The molecule has 0 saturated carbocycles. The van der Waals surface area contributed by atoms with Gasteiger partial charge in [0.25, 0.3) is 0 Å². The van der Waals surface area contributed by atoms with Crippen molar-refractivity contribution in [1.29, 1.82) is 0 Å². The Bertz CT molecular complexity index is 593. The molecular weight excluding hydrogens is 230 g/mol. The summed E-state index contributed by atoms with van der Waals surface area (Å²) in [4.78, 5) is 6.62. The van der Waals surface area contributed by atoms with E-state index in [0.29, 0.717) is 11.3 Å². The molecule has 1 aromatic heterocycles. The maximum atomic E-state index is 13.5. The van der Waals surface area contributed by atoms with Crippen LogP contribution in [-0.4, -0.2) is 9.97 Å². The number of hydrogen-bond acceptors (Lipinski definition) is 2. The van der Waals surface area contributed by atoms with E-state index in [1.807, 2.05) is 0 Å². The van der Waals surface area contributed by atoms with Crippen molar-refractivity contribution in [2.45, 2.75) is 6.92 Å². The molecule has 1 N–H and O–H groups in total. The number of aromatic amines is 1. The van der Waals surface area contributed by atoms with Gasteiger partial charge in [0.15, 0.2) is 16.4 Å². The second-order valence-corrected chi connectivity index (χ2v) is 3.73. The smallest absolute Gasteiger partial charge is 0.197 e. The Morgan fingerprint density at radius 2 is 2.06 bits per heavy atom. The minimum atomic E-state index is -0.887. The van der Waals surface area contributed by atoms with Gasteiger partial charge in [-0.3, -0.25) is 0 Å². The summed E-state index contributed by atoms with van der Waals surface area (Å²) in [5, 5.41) is 0. The molecule has 2 nitrogen and oxygen atoms in total. The van der Waals surface area contributed by atoms with E-state index in [0.717, 1.165) is 6.07 Å². The fourth-order valence-corrected chi connectivity index (χ4v) is 1.59. The van der Waals surface area contributed by atoms with Crippen LogP contribution in [0.15, 0.2) is 24.4 Å². The van der Waals surface area contributed by atoms with Crippen molar-refractivity contribution < 1.29 is 8.78 Å². The van der Waals surface area contributed by atoms with Crippen LogP contribution in [0.5, 0.6) is 0 Å². The molecular formula is C11H8F2N2S. The lowest BCUT2D eigenvalue weighted by Gasteiger charge is -2.06. The fourth-order valence-electron chi connectivity index (χ4n) is 1.43. The molecule has 5 heteroatoms. The maximum absolute atomic E-state index is 13.5. The minimum absolute atomic E-state index is 0.158. The molecule has 1 heterocycles. The van der Waals surface area contributed by atoms with Gasteiger partial charge in [0, 0.05) is 11.8 Å². The Hall–Kier alpha value is -1.62. The highest BCUT2D eigenvalue weighted by atomic mass is 32.1. The van der Waals surface area contributed by atoms with Crippen LogP contribution >= 0.6 is 12.2 Å². The number of rotatable bonds is 1. The van der Waals surface area contributed by atoms with Gasteiger partial charge >= 0.3 is 0 Å². The van der Waals surface area contributed by atoms with Crippen LogP contribution in [0.25, 0.3) is 11.3 Å². The number of benzene rings is 1. The standard InChI is InChI=1S/C11H8F2N2S/c1-6-5-14-11(16)15-10(6)7-3-2-4-8(12)9(7)13/h2-5H,1H3,(H,14,15,16). The molecule has 0 saturated heterocycles. The molecule has 0 amide bonds. The summed E-state index contributed by atoms with van der Waals surface area (Å²) < 4.78 is 26.9. The molecule has 0 aliphatic carbocycles. The number of aryl methyl sites for hydroxylation is 1. The fraction of sp³-hybridized carbons (Fsp3) is 0.0909. The highest BCUT2D eigenvalue weighted by molar-refractivity contribution is 7.71. The van der Waals surface area contributed by atoms with E-state index < -0.39 is 11.6 Å². The topological polar surface area (TPSA) is 28.7 Å². The molecule has 0 radical (unpaired) electrons. The molecule has 0 atom stereocenters. The van der Waals surface area contributed by atoms with E-state index >= 15 is 0 Å². The van der Waals surface area contributed by atoms with Crippen LogP contribution in [0.2, 0.25) is 0 Å². The van der Waals surface area contributed by atoms with Gasteiger partial charge in [-0.25, -0.2) is 13.8 Å². The predicted octanol–water partition coefficient (Wildman–Crippen LogP) is 3.39. The molecule has 2 rings (SSSR count). The Morgan fingerprint density at radius 3 is 2.81 bits per heavy atom. The Labute approximate surface area is 96.0 Å². The second kappa shape index (κ2) is 4.09. The third-order valence-corrected chi connectivity index (χ3v) is 2.43. The summed E-state index contributed by atoms with van der Waals surface area (Å²) in [5.74, 6) is -1.77. The largest absolute Gasteiger partial charge is 0.330 e. The predicted molar refractivity (Wildman–Crippen MR) is 59.5 cm³/mol. The second-order valence-electron chi connectivity index (χ2n) is 3.35. The van der Waals surface area contributed by atoms with E-state index in [-0.39, 0.29) is 10.3 Å². The van der Waals surface area contributed by atoms with Crippen LogP contribution in [0.3, 0.4) is 0 Å². The summed E-state index contributed by atoms with van der Waals surface area (Å²) >= 11 is 4.85. The highest BCUT2D eigenvalue weighted by Gasteiger charge is 2.11. The van der Waals surface area contributed by atoms with E-state index in [1.165, 1.54) is 18.3 Å². The first-order valence-corrected chi connectivity index (χ1v) is 5.00. The summed E-state index contributed by atoms with van der Waals surface area (Å²) in [6.45, 7) is 1.75. The number of H-pyrrole nitrogens is 1. The van der Waals surface area contributed by atoms with Crippen LogP contribution in [-0.2, 0) is 0 Å². The molecule has 0 spiro atoms. The summed E-state index contributed by atoms with van der Waals surface area (Å²) in [6.07, 6.45) is 1.53. The molecule has 0 fully saturated rings. The van der Waals surface area contributed by atoms with E-state index in [9.17, 15) is 8.78 Å². The zero-order chi connectivity index (χ0) is 11.7. The van der Waals surface area contributed by atoms with Crippen molar-refractivity contribution in [3.63, 3.8) is 0 Å². The molecule has 82 valence electrons. The first-order chi connectivity index (χ1) is 7.59. The number of halogens is 2. The Balaban J connectivity index is 2.72. The quantitative estimate of drug-likeness (QED) is 0.771. The zero-order valence-corrected chi connectivity index (χ0v) is 9.24. The van der Waals surface area contributed by atoms with Gasteiger partial charge in [-0.15, -0.1) is 0 Å². The summed E-state index contributed by atoms with van der Waals surface area (Å²) in [5.41, 5.74) is 1.32. The molecule has 0 aliphatic rings. The van der Waals surface area contributed by atoms with Crippen LogP contribution in [0.1, 0.15) is 5.56 Å². The van der Waals surface area contributed by atoms with Crippen molar-refractivity contribution in [2.24, 2.45) is 0 Å². The van der Waals surface area contributed by atoms with Gasteiger partial charge in [0.1, 0.15) is 0 Å². The first kappa shape index (κ1) is 10.9. The Kier molecular flexibility index (Phi) is 2.78. The van der Waals surface area contributed by atoms with Crippen molar-refractivity contribution in [1.82, 2.24) is 9.97 Å². The number of aromatic nitrogens is 2. The third-order valence-electron chi connectivity index (χ3n) is 2.22. The van der Waals surface area contributed by atoms with Crippen LogP contribution in [0.4, 0.5) is 8.78 Å². The Morgan fingerprint density at radius 1 is 1.31 bits per heavy atom. The normalized spacial score (nSPS) is 10.4. The van der Waals surface area contributed by atoms with Gasteiger partial charge in [-0.2, -0.15) is 0 Å². The number of nitrogens with zero attached hydrogens (tertiary/aromatic N) is 1. The molecule has 0 aliphatic heterocycles. The molecule has 1 aromatic carbocycles. The minimum Gasteiger partial charge on any atom is -0.330 e. The average molecular weight is 238 g/mol. The molecule has 0 unspecified atom stereocenters. The molecule has 2 aromatic rings.